The largest absolute Gasteiger partial charge is 0.480 e. The molecule has 2 aliphatic rings. The molecule has 0 spiro atoms. The average molecular weight is 866 g/mol. The van der Waals surface area contributed by atoms with Gasteiger partial charge in [-0.15, -0.1) is 0 Å². The van der Waals surface area contributed by atoms with Gasteiger partial charge in [-0.1, -0.05) is 68.6 Å². The number of nitrogens with one attached hydrogen (secondary N) is 4. The molecule has 0 unspecified atom stereocenters. The van der Waals surface area contributed by atoms with Crippen LogP contribution in [0.3, 0.4) is 0 Å². The molecule has 57 heavy (non-hydrogen) atoms. The Bertz CT molecular complexity index is 1520. The highest BCUT2D eigenvalue weighted by Crippen LogP contribution is 2.40. The van der Waals surface area contributed by atoms with Crippen LogP contribution in [-0.4, -0.2) is 108 Å². The molecule has 16 nitrogen and oxygen atoms in total. The maximum atomic E-state index is 14.8. The fourth-order valence-electron chi connectivity index (χ4n) is 7.45. The van der Waals surface area contributed by atoms with Crippen LogP contribution >= 0.6 is 15.9 Å². The molecule has 17 heteroatoms. The summed E-state index contributed by atoms with van der Waals surface area (Å²) in [4.78, 5) is 84.0. The van der Waals surface area contributed by atoms with Crippen molar-refractivity contribution in [1.29, 1.82) is 0 Å². The Morgan fingerprint density at radius 1 is 0.930 bits per heavy atom. The molecule has 2 aliphatic heterocycles. The number of carbonyl (C=O) groups excluding carboxylic acids is 5. The highest BCUT2D eigenvalue weighted by molar-refractivity contribution is 9.10. The Kier molecular flexibility index (Phi) is 19.3. The van der Waals surface area contributed by atoms with E-state index in [-0.39, 0.29) is 31.9 Å². The van der Waals surface area contributed by atoms with Crippen LogP contribution < -0.4 is 38.5 Å². The lowest BCUT2D eigenvalue weighted by Gasteiger charge is -2.38. The van der Waals surface area contributed by atoms with Crippen LogP contribution in [0.5, 0.6) is 0 Å². The zero-order chi connectivity index (χ0) is 42.3. The molecule has 1 aromatic carbocycles. The molecule has 0 aliphatic carbocycles. The summed E-state index contributed by atoms with van der Waals surface area (Å²) in [7, 11) is 0. The summed E-state index contributed by atoms with van der Waals surface area (Å²) < 4.78 is 6.98. The second-order valence-corrected chi connectivity index (χ2v) is 16.7. The molecule has 320 valence electrons. The normalized spacial score (nSPS) is 21.9. The number of benzene rings is 1. The highest BCUT2D eigenvalue weighted by Gasteiger charge is 2.54. The summed E-state index contributed by atoms with van der Waals surface area (Å²) in [5.41, 5.74) is 16.4. The van der Waals surface area contributed by atoms with Crippen LogP contribution in [0, 0.1) is 11.8 Å². The Balaban J connectivity index is 1.96. The summed E-state index contributed by atoms with van der Waals surface area (Å²) in [6, 6.07) is 2.08. The van der Waals surface area contributed by atoms with Crippen molar-refractivity contribution in [2.24, 2.45) is 29.0 Å². The lowest BCUT2D eigenvalue weighted by atomic mass is 9.84. The molecule has 2 saturated heterocycles. The van der Waals surface area contributed by atoms with Crippen molar-refractivity contribution in [3.63, 3.8) is 0 Å². The number of aliphatic carboxylic acids is 1. The zero-order valence-corrected chi connectivity index (χ0v) is 35.5. The van der Waals surface area contributed by atoms with Gasteiger partial charge in [-0.3, -0.25) is 24.0 Å². The summed E-state index contributed by atoms with van der Waals surface area (Å²) >= 11 is 3.44. The summed E-state index contributed by atoms with van der Waals surface area (Å²) in [6.07, 6.45) is 3.84. The standard InChI is InChI=1S/C40H65BrN8O8/c1-5-25(4)32(36(52)46-30(38(54)55)23-24(2)3)47-39(56)40(18-22-57-33(40)26-14-16-27(41)17-15-26)48-35(51)31-13-10-21-49(31)37(53)29(12-7-9-20-43)45-34(50)28(44)11-6-8-19-42/h14-17,24-25,28-33H,5-13,18-23,42-44H2,1-4H3,(H,45,50)(H,46,52)(H,47,56)(H,48,51)(H,54,55)/t25-,28-,29-,30-,31-,32-,33+,40-/m0/s1. The minimum Gasteiger partial charge on any atom is -0.480 e. The van der Waals surface area contributed by atoms with Crippen molar-refractivity contribution in [3.8, 4) is 0 Å². The monoisotopic (exact) mass is 864 g/mol. The van der Waals surface area contributed by atoms with Crippen molar-refractivity contribution < 1.29 is 38.6 Å². The Labute approximate surface area is 345 Å². The predicted octanol–water partition coefficient (Wildman–Crippen LogP) is 1.97. The van der Waals surface area contributed by atoms with Crippen molar-refractivity contribution in [2.75, 3.05) is 26.2 Å². The first kappa shape index (κ1) is 47.7. The topological polar surface area (TPSA) is 261 Å². The van der Waals surface area contributed by atoms with Gasteiger partial charge in [0.2, 0.25) is 29.5 Å². The van der Waals surface area contributed by atoms with Crippen molar-refractivity contribution in [2.45, 2.75) is 140 Å². The van der Waals surface area contributed by atoms with Crippen LogP contribution in [0.25, 0.3) is 0 Å². The van der Waals surface area contributed by atoms with Gasteiger partial charge in [0, 0.05) is 17.4 Å². The van der Waals surface area contributed by atoms with E-state index in [2.05, 4.69) is 37.2 Å². The average Bonchev–Trinajstić information content (AvgIpc) is 3.84. The number of likely N-dealkylation sites (tertiary alicyclic amines) is 1. The third-order valence-corrected chi connectivity index (χ3v) is 11.5. The molecule has 1 aromatic rings. The smallest absolute Gasteiger partial charge is 0.326 e. The molecular formula is C40H65BrN8O8. The second-order valence-electron chi connectivity index (χ2n) is 15.8. The van der Waals surface area contributed by atoms with E-state index in [9.17, 15) is 33.9 Å². The predicted molar refractivity (Wildman–Crippen MR) is 219 cm³/mol. The van der Waals surface area contributed by atoms with Gasteiger partial charge in [-0.2, -0.15) is 0 Å². The number of carboxylic acid groups (broad SMARTS) is 1. The van der Waals surface area contributed by atoms with Gasteiger partial charge in [0.25, 0.3) is 0 Å². The van der Waals surface area contributed by atoms with E-state index in [1.54, 1.807) is 31.2 Å². The second kappa shape index (κ2) is 23.1. The minimum absolute atomic E-state index is 0.0209. The zero-order valence-electron chi connectivity index (χ0n) is 33.9. The number of halogens is 1. The molecule has 3 rings (SSSR count). The number of unbranched alkanes of at least 4 members (excludes halogenated alkanes) is 2. The van der Waals surface area contributed by atoms with Crippen LogP contribution in [0.4, 0.5) is 0 Å². The van der Waals surface area contributed by atoms with Gasteiger partial charge in [-0.05, 0) is 94.0 Å². The number of ether oxygens (including phenoxy) is 1. The fraction of sp³-hybridized carbons (Fsp3) is 0.700. The molecule has 11 N–H and O–H groups in total. The molecule has 0 bridgehead atoms. The Morgan fingerprint density at radius 2 is 1.56 bits per heavy atom. The molecule has 2 fully saturated rings. The van der Waals surface area contributed by atoms with E-state index in [1.165, 1.54) is 4.90 Å². The molecule has 0 saturated carbocycles. The lowest BCUT2D eigenvalue weighted by molar-refractivity contribution is -0.145. The van der Waals surface area contributed by atoms with Gasteiger partial charge < -0.3 is 53.2 Å². The minimum atomic E-state index is -1.72. The van der Waals surface area contributed by atoms with E-state index in [0.29, 0.717) is 76.4 Å². The van der Waals surface area contributed by atoms with Gasteiger partial charge in [0.1, 0.15) is 30.3 Å². The third kappa shape index (κ3) is 13.2. The number of nitrogens with two attached hydrogens (primary N) is 3. The first-order valence-corrected chi connectivity index (χ1v) is 21.2. The number of rotatable bonds is 23. The quantitative estimate of drug-likeness (QED) is 0.0738. The Hall–Kier alpha value is -3.64. The lowest BCUT2D eigenvalue weighted by Crippen LogP contribution is -2.66. The number of carbonyl (C=O) groups is 6. The molecular weight excluding hydrogens is 800 g/mol. The van der Waals surface area contributed by atoms with E-state index in [4.69, 9.17) is 21.9 Å². The van der Waals surface area contributed by atoms with E-state index in [0.717, 1.165) is 4.47 Å². The van der Waals surface area contributed by atoms with Crippen molar-refractivity contribution >= 4 is 51.4 Å². The fourth-order valence-corrected chi connectivity index (χ4v) is 7.71. The van der Waals surface area contributed by atoms with Gasteiger partial charge >= 0.3 is 5.97 Å². The first-order chi connectivity index (χ1) is 27.1. The van der Waals surface area contributed by atoms with Gasteiger partial charge in [-0.25, -0.2) is 4.79 Å². The molecule has 0 radical (unpaired) electrons. The van der Waals surface area contributed by atoms with E-state index >= 15 is 0 Å². The third-order valence-electron chi connectivity index (χ3n) is 11.0. The van der Waals surface area contributed by atoms with Crippen molar-refractivity contribution in [3.05, 3.63) is 34.3 Å². The van der Waals surface area contributed by atoms with Crippen LogP contribution in [0.2, 0.25) is 0 Å². The maximum Gasteiger partial charge on any atom is 0.326 e. The summed E-state index contributed by atoms with van der Waals surface area (Å²) in [6.45, 7) is 8.57. The van der Waals surface area contributed by atoms with Crippen LogP contribution in [0.1, 0.15) is 110 Å². The SMILES string of the molecule is CC[C@H](C)[C@H](NC(=O)[C@]1(NC(=O)[C@@H]2CCCN2C(=O)[C@H](CCCCN)NC(=O)[C@@H](N)CCCCN)CCO[C@@H]1c1ccc(Br)cc1)C(=O)N[C@@H](CC(C)C)C(=O)O. The summed E-state index contributed by atoms with van der Waals surface area (Å²) in [5.74, 6) is -4.42. The molecule has 8 atom stereocenters. The highest BCUT2D eigenvalue weighted by atomic mass is 79.9. The molecule has 5 amide bonds. The number of hydrogen-bond acceptors (Lipinski definition) is 10. The van der Waals surface area contributed by atoms with Gasteiger partial charge in [0.15, 0.2) is 5.54 Å². The van der Waals surface area contributed by atoms with E-state index in [1.807, 2.05) is 20.8 Å². The van der Waals surface area contributed by atoms with Crippen molar-refractivity contribution in [1.82, 2.24) is 26.2 Å². The van der Waals surface area contributed by atoms with Crippen LogP contribution in [-0.2, 0) is 33.5 Å². The Morgan fingerprint density at radius 3 is 2.16 bits per heavy atom. The van der Waals surface area contributed by atoms with Crippen LogP contribution in [0.15, 0.2) is 28.7 Å². The number of hydrogen-bond donors (Lipinski definition) is 8. The van der Waals surface area contributed by atoms with Gasteiger partial charge in [0.05, 0.1) is 12.6 Å². The number of amides is 5. The maximum absolute atomic E-state index is 14.8. The molecule has 2 heterocycles. The first-order valence-electron chi connectivity index (χ1n) is 20.4. The number of nitrogens with zero attached hydrogens (tertiary/aromatic N) is 1. The number of carboxylic acids is 1. The van der Waals surface area contributed by atoms with E-state index < -0.39 is 83.3 Å². The summed E-state index contributed by atoms with van der Waals surface area (Å²) in [5, 5.41) is 21.2. The molecule has 0 aromatic heterocycles.